The number of nitrogens with one attached hydrogen (secondary N) is 1. The second-order valence-electron chi connectivity index (χ2n) is 15.7. The second kappa shape index (κ2) is 14.5. The van der Waals surface area contributed by atoms with E-state index in [0.29, 0.717) is 5.54 Å². The summed E-state index contributed by atoms with van der Waals surface area (Å²) in [6.45, 7) is 32.2. The summed E-state index contributed by atoms with van der Waals surface area (Å²) < 4.78 is 5.17. The monoisotopic (exact) mass is 842 g/mol. The number of hydrogen-bond acceptors (Lipinski definition) is 4. The fourth-order valence-electron chi connectivity index (χ4n) is 9.46. The Kier molecular flexibility index (Phi) is 11.6. The molecule has 0 radical (unpaired) electrons. The smallest absolute Gasteiger partial charge is 0.159 e. The zero-order valence-electron chi connectivity index (χ0n) is 31.3. The molecule has 260 valence electrons. The van der Waals surface area contributed by atoms with E-state index in [1.165, 1.54) is 49.2 Å². The van der Waals surface area contributed by atoms with Gasteiger partial charge in [0.1, 0.15) is 0 Å². The number of thiophene rings is 1. The van der Waals surface area contributed by atoms with Crippen LogP contribution in [0.25, 0.3) is 5.57 Å². The van der Waals surface area contributed by atoms with E-state index >= 15 is 0 Å². The molecule has 1 fully saturated rings. The minimum absolute atomic E-state index is 0.569. The molecule has 0 amide bonds. The first-order chi connectivity index (χ1) is 22.4. The van der Waals surface area contributed by atoms with Crippen LogP contribution in [0.5, 0.6) is 0 Å². The van der Waals surface area contributed by atoms with Gasteiger partial charge < -0.3 is 9.55 Å². The topological polar surface area (TPSA) is 15.3 Å². The third-order valence-electron chi connectivity index (χ3n) is 11.9. The molecule has 8 heteroatoms. The maximum atomic E-state index is 4.00. The highest BCUT2D eigenvalue weighted by molar-refractivity contribution is 9.10. The molecule has 1 aliphatic heterocycles. The minimum atomic E-state index is -1.72. The van der Waals surface area contributed by atoms with Crippen LogP contribution in [0.3, 0.4) is 0 Å². The van der Waals surface area contributed by atoms with Crippen LogP contribution in [0.2, 0.25) is 31.7 Å². The highest BCUT2D eigenvalue weighted by Crippen LogP contribution is 2.59. The number of thioether (sulfide) groups is 1. The number of halogens is 2. The molecule has 2 heterocycles. The molecule has 1 N–H and O–H groups in total. The number of allylic oxidation sites excluding steroid dienone is 3. The number of anilines is 2. The highest BCUT2D eigenvalue weighted by Gasteiger charge is 2.55. The molecule has 0 bridgehead atoms. The summed E-state index contributed by atoms with van der Waals surface area (Å²) in [4.78, 5) is 5.56. The Morgan fingerprint density at radius 1 is 0.833 bits per heavy atom. The summed E-state index contributed by atoms with van der Waals surface area (Å²) in [5.41, 5.74) is 14.2. The van der Waals surface area contributed by atoms with E-state index < -0.39 is 16.5 Å². The minimum Gasteiger partial charge on any atom is -0.409 e. The van der Waals surface area contributed by atoms with Crippen LogP contribution in [0, 0.1) is 45.4 Å². The van der Waals surface area contributed by atoms with Crippen molar-refractivity contribution in [2.75, 3.05) is 16.1 Å². The lowest BCUT2D eigenvalue weighted by molar-refractivity contribution is 0.405. The number of aryl methyl sites for hydroxylation is 4. The number of benzene rings is 2. The normalized spacial score (nSPS) is 24.8. The summed E-state index contributed by atoms with van der Waals surface area (Å²) in [5, 5.41) is 5.41. The van der Waals surface area contributed by atoms with Crippen molar-refractivity contribution in [3.05, 3.63) is 94.4 Å². The van der Waals surface area contributed by atoms with E-state index in [1.807, 2.05) is 11.3 Å². The van der Waals surface area contributed by atoms with E-state index in [1.54, 1.807) is 10.5 Å². The van der Waals surface area contributed by atoms with Gasteiger partial charge >= 0.3 is 0 Å². The molecule has 2 aliphatic carbocycles. The predicted molar refractivity (Wildman–Crippen MR) is 230 cm³/mol. The molecular formula is C40H56Br2N2S2Si2. The molecule has 0 saturated heterocycles. The number of rotatable bonds is 7. The van der Waals surface area contributed by atoms with Crippen LogP contribution in [0.1, 0.15) is 72.9 Å². The predicted octanol–water partition coefficient (Wildman–Crippen LogP) is 13.9. The van der Waals surface area contributed by atoms with Crippen molar-refractivity contribution >= 4 is 88.4 Å². The Morgan fingerprint density at radius 3 is 1.96 bits per heavy atom. The second-order valence-corrected chi connectivity index (χ2v) is 28.4. The van der Waals surface area contributed by atoms with Crippen molar-refractivity contribution < 1.29 is 0 Å². The Balaban J connectivity index is 0.000000188. The summed E-state index contributed by atoms with van der Waals surface area (Å²) in [7, 11) is -3.38. The molecule has 6 unspecified atom stereocenters. The van der Waals surface area contributed by atoms with Gasteiger partial charge in [0.2, 0.25) is 0 Å². The maximum absolute atomic E-state index is 4.00. The zero-order chi connectivity index (χ0) is 35.5. The molecule has 1 aromatic heterocycles. The van der Waals surface area contributed by atoms with Crippen LogP contribution in [0.15, 0.2) is 61.7 Å². The molecule has 2 nitrogen and oxygen atoms in total. The fraction of sp³-hybridized carbons (Fsp3) is 0.500. The first kappa shape index (κ1) is 38.2. The van der Waals surface area contributed by atoms with Gasteiger partial charge in [-0.3, -0.25) is 0 Å². The molecule has 3 aliphatic rings. The summed E-state index contributed by atoms with van der Waals surface area (Å²) in [6.07, 6.45) is 2.49. The lowest BCUT2D eigenvalue weighted by atomic mass is 9.93. The van der Waals surface area contributed by atoms with Gasteiger partial charge in [-0.1, -0.05) is 83.5 Å². The van der Waals surface area contributed by atoms with E-state index in [9.17, 15) is 0 Å². The van der Waals surface area contributed by atoms with E-state index in [2.05, 4.69) is 189 Å². The summed E-state index contributed by atoms with van der Waals surface area (Å²) >= 11 is 11.3. The van der Waals surface area contributed by atoms with Gasteiger partial charge in [-0.15, -0.1) is 23.1 Å². The van der Waals surface area contributed by atoms with Crippen LogP contribution in [-0.2, 0) is 0 Å². The number of nitrogens with zero attached hydrogens (tertiary/aromatic N) is 1. The van der Waals surface area contributed by atoms with Gasteiger partial charge in [0.15, 0.2) is 16.5 Å². The van der Waals surface area contributed by atoms with Crippen molar-refractivity contribution in [3.8, 4) is 0 Å². The Morgan fingerprint density at radius 2 is 1.40 bits per heavy atom. The van der Waals surface area contributed by atoms with Gasteiger partial charge in [-0.05, 0) is 146 Å². The average molecular weight is 845 g/mol. The molecule has 6 rings (SSSR count). The van der Waals surface area contributed by atoms with Crippen molar-refractivity contribution in [1.29, 1.82) is 0 Å². The van der Waals surface area contributed by atoms with Crippen molar-refractivity contribution in [2.45, 2.75) is 105 Å². The summed E-state index contributed by atoms with van der Waals surface area (Å²) in [5.74, 6) is 2.39. The summed E-state index contributed by atoms with van der Waals surface area (Å²) in [6, 6.07) is 11.3. The quantitative estimate of drug-likeness (QED) is 0.239. The van der Waals surface area contributed by atoms with Crippen LogP contribution < -0.4 is 9.55 Å². The molecule has 3 aromatic rings. The third-order valence-corrected chi connectivity index (χ3v) is 23.0. The van der Waals surface area contributed by atoms with Gasteiger partial charge in [0.05, 0.1) is 0 Å². The first-order valence-electron chi connectivity index (χ1n) is 17.6. The molecular weight excluding hydrogens is 789 g/mol. The van der Waals surface area contributed by atoms with Gasteiger partial charge in [-0.25, -0.2) is 0 Å². The maximum Gasteiger partial charge on any atom is 0.159 e. The van der Waals surface area contributed by atoms with Crippen molar-refractivity contribution in [3.63, 3.8) is 0 Å². The van der Waals surface area contributed by atoms with Crippen LogP contribution in [-0.4, -0.2) is 28.3 Å². The van der Waals surface area contributed by atoms with Gasteiger partial charge in [0.25, 0.3) is 0 Å². The Bertz CT molecular complexity index is 1700. The van der Waals surface area contributed by atoms with Crippen molar-refractivity contribution in [2.24, 2.45) is 17.8 Å². The van der Waals surface area contributed by atoms with Gasteiger partial charge in [0, 0.05) is 42.5 Å². The largest absolute Gasteiger partial charge is 0.409 e. The number of fused-ring (bicyclic) bond motifs is 2. The van der Waals surface area contributed by atoms with Crippen LogP contribution >= 0.6 is 55.0 Å². The fourth-order valence-corrected chi connectivity index (χ4v) is 23.6. The molecule has 0 spiro atoms. The third kappa shape index (κ3) is 6.93. The molecule has 1 saturated carbocycles. The number of hydrogen-bond donors (Lipinski definition) is 1. The van der Waals surface area contributed by atoms with E-state index in [-0.39, 0.29) is 0 Å². The lowest BCUT2D eigenvalue weighted by Gasteiger charge is -2.47. The molecule has 2 aromatic carbocycles. The van der Waals surface area contributed by atoms with E-state index in [0.717, 1.165) is 39.6 Å². The SMILES string of the molecule is CC1=C(C)C([Si](C)(C)Nc2c(C)cc(Br)cc2C)c2sccc21.CCN(c1c(C)cc(Br)cc1C)[Si](C)(C)C1C(C)C(C)C2C=CSC21. The highest BCUT2D eigenvalue weighted by atomic mass is 79.9. The Hall–Kier alpha value is -1.04. The molecule has 6 atom stereocenters. The van der Waals surface area contributed by atoms with Gasteiger partial charge in [-0.2, -0.15) is 0 Å². The zero-order valence-corrected chi connectivity index (χ0v) is 38.1. The van der Waals surface area contributed by atoms with E-state index in [4.69, 9.17) is 0 Å². The molecule has 48 heavy (non-hydrogen) atoms. The Labute approximate surface area is 319 Å². The van der Waals surface area contributed by atoms with Crippen molar-refractivity contribution in [1.82, 2.24) is 0 Å². The lowest BCUT2D eigenvalue weighted by Crippen LogP contribution is -2.55. The first-order valence-corrected chi connectivity index (χ1v) is 27.1. The van der Waals surface area contributed by atoms with Crippen LogP contribution in [0.4, 0.5) is 11.4 Å². The standard InChI is InChI=1S/C21H32BrNSSi.C19H24BrNSSi/c1-8-23(19-13(2)11-17(22)12-14(19)3)25(6,7)21-16(5)15(4)18-9-10-24-20(18)21;1-11-9-15(20)10-12(2)17(11)21-23(5,6)19-14(4)13(3)16-7-8-22-18(16)19/h9-12,15-16,18,20-21H,8H2,1-7H3;7-10,19,21H,1-6H3. The average Bonchev–Trinajstić information content (AvgIpc) is 3.74.